The summed E-state index contributed by atoms with van der Waals surface area (Å²) < 4.78 is 7.57. The van der Waals surface area contributed by atoms with Crippen LogP contribution in [0.15, 0.2) is 113 Å². The van der Waals surface area contributed by atoms with E-state index in [0.29, 0.717) is 0 Å². The van der Waals surface area contributed by atoms with Crippen LogP contribution in [0.2, 0.25) is 0 Å². The molecule has 6 rings (SSSR count). The summed E-state index contributed by atoms with van der Waals surface area (Å²) in [5.74, 6) is 0.927. The zero-order chi connectivity index (χ0) is 21.5. The number of benzene rings is 4. The van der Waals surface area contributed by atoms with Crippen molar-refractivity contribution in [1.29, 1.82) is 0 Å². The van der Waals surface area contributed by atoms with Crippen LogP contribution in [0.5, 0.6) is 5.75 Å². The van der Waals surface area contributed by atoms with Crippen molar-refractivity contribution in [1.82, 2.24) is 5.01 Å². The Bertz CT molecular complexity index is 1290. The van der Waals surface area contributed by atoms with E-state index in [4.69, 9.17) is 9.84 Å². The lowest BCUT2D eigenvalue weighted by molar-refractivity contribution is -0.0190. The van der Waals surface area contributed by atoms with Gasteiger partial charge in [0.05, 0.1) is 11.8 Å². The Morgan fingerprint density at radius 1 is 0.750 bits per heavy atom. The molecule has 0 radical (unpaired) electrons. The number of halogens is 1. The number of rotatable bonds is 3. The third-order valence-corrected chi connectivity index (χ3v) is 6.66. The smallest absolute Gasteiger partial charge is 0.213 e. The Balaban J connectivity index is 1.40. The summed E-state index contributed by atoms with van der Waals surface area (Å²) in [7, 11) is 0. The normalized spacial score (nSPS) is 19.0. The minimum Gasteiger partial charge on any atom is -0.464 e. The lowest BCUT2D eigenvalue weighted by Gasteiger charge is -2.38. The number of hydrazone groups is 1. The van der Waals surface area contributed by atoms with Gasteiger partial charge in [0.25, 0.3) is 0 Å². The Hall–Kier alpha value is -3.37. The number of nitrogens with zero attached hydrogens (tertiary/aromatic N) is 2. The Labute approximate surface area is 196 Å². The highest BCUT2D eigenvalue weighted by atomic mass is 79.9. The van der Waals surface area contributed by atoms with E-state index >= 15 is 0 Å². The standard InChI is InChI=1S/C28H21BrN2O/c29-23-15-16-27-24(17-23)26-18-25(21-9-5-2-6-10-21)30-31(26)28(32-27)22-13-11-20(12-14-22)19-7-3-1-4-8-19/h1-17,26,28H,18H2/t26-,28+/m0/s1. The highest BCUT2D eigenvalue weighted by molar-refractivity contribution is 9.10. The molecule has 4 aromatic carbocycles. The first-order valence-electron chi connectivity index (χ1n) is 10.8. The molecule has 156 valence electrons. The molecule has 2 aliphatic heterocycles. The minimum absolute atomic E-state index is 0.144. The van der Waals surface area contributed by atoms with Gasteiger partial charge in [0.1, 0.15) is 5.75 Å². The van der Waals surface area contributed by atoms with Gasteiger partial charge in [-0.2, -0.15) is 5.10 Å². The molecular weight excluding hydrogens is 460 g/mol. The Morgan fingerprint density at radius 2 is 1.41 bits per heavy atom. The van der Waals surface area contributed by atoms with Crippen LogP contribution < -0.4 is 4.74 Å². The average molecular weight is 481 g/mol. The molecule has 0 bridgehead atoms. The Kier molecular flexibility index (Phi) is 4.80. The molecular formula is C28H21BrN2O. The maximum atomic E-state index is 6.51. The SMILES string of the molecule is Brc1ccc2c(c1)[C@@H]1CC(c3ccccc3)=NN1[C@@H](c1ccc(-c3ccccc3)cc1)O2. The summed E-state index contributed by atoms with van der Waals surface area (Å²) in [5.41, 5.74) is 6.94. The van der Waals surface area contributed by atoms with E-state index in [1.165, 1.54) is 16.7 Å². The molecule has 0 amide bonds. The summed E-state index contributed by atoms with van der Waals surface area (Å²) in [5, 5.41) is 7.19. The van der Waals surface area contributed by atoms with Crippen molar-refractivity contribution in [2.75, 3.05) is 0 Å². The summed E-state index contributed by atoms with van der Waals surface area (Å²) in [6, 6.07) is 35.9. The van der Waals surface area contributed by atoms with Crippen LogP contribution in [0.25, 0.3) is 11.1 Å². The van der Waals surface area contributed by atoms with Crippen LogP contribution in [0.4, 0.5) is 0 Å². The summed E-state index contributed by atoms with van der Waals surface area (Å²) in [6.45, 7) is 0. The van der Waals surface area contributed by atoms with E-state index in [1.54, 1.807) is 0 Å². The van der Waals surface area contributed by atoms with Gasteiger partial charge in [-0.25, -0.2) is 5.01 Å². The van der Waals surface area contributed by atoms with E-state index in [2.05, 4.69) is 106 Å². The second-order valence-electron chi connectivity index (χ2n) is 8.15. The quantitative estimate of drug-likeness (QED) is 0.306. The lowest BCUT2D eigenvalue weighted by Crippen LogP contribution is -2.33. The molecule has 32 heavy (non-hydrogen) atoms. The third kappa shape index (κ3) is 3.41. The van der Waals surface area contributed by atoms with Crippen LogP contribution in [-0.2, 0) is 0 Å². The molecule has 0 aromatic heterocycles. The van der Waals surface area contributed by atoms with Gasteiger partial charge >= 0.3 is 0 Å². The minimum atomic E-state index is -0.264. The van der Waals surface area contributed by atoms with Gasteiger partial charge in [0, 0.05) is 22.0 Å². The Morgan fingerprint density at radius 3 is 2.12 bits per heavy atom. The molecule has 0 spiro atoms. The van der Waals surface area contributed by atoms with E-state index < -0.39 is 0 Å². The maximum Gasteiger partial charge on any atom is 0.213 e. The number of fused-ring (bicyclic) bond motifs is 3. The molecule has 0 unspecified atom stereocenters. The van der Waals surface area contributed by atoms with Crippen molar-refractivity contribution in [3.63, 3.8) is 0 Å². The predicted octanol–water partition coefficient (Wildman–Crippen LogP) is 7.36. The van der Waals surface area contributed by atoms with Crippen LogP contribution >= 0.6 is 15.9 Å². The van der Waals surface area contributed by atoms with Crippen molar-refractivity contribution in [3.8, 4) is 16.9 Å². The van der Waals surface area contributed by atoms with Crippen LogP contribution in [0.1, 0.15) is 35.4 Å². The molecule has 0 saturated heterocycles. The number of hydrogen-bond donors (Lipinski definition) is 0. The van der Waals surface area contributed by atoms with Gasteiger partial charge in [-0.15, -0.1) is 0 Å². The summed E-state index contributed by atoms with van der Waals surface area (Å²) in [4.78, 5) is 0. The van der Waals surface area contributed by atoms with Crippen molar-refractivity contribution in [2.24, 2.45) is 5.10 Å². The topological polar surface area (TPSA) is 24.8 Å². The largest absolute Gasteiger partial charge is 0.464 e. The highest BCUT2D eigenvalue weighted by Crippen LogP contribution is 2.48. The van der Waals surface area contributed by atoms with E-state index in [9.17, 15) is 0 Å². The molecule has 2 aliphatic rings. The molecule has 2 heterocycles. The van der Waals surface area contributed by atoms with E-state index in [0.717, 1.165) is 33.5 Å². The molecule has 3 nitrogen and oxygen atoms in total. The van der Waals surface area contributed by atoms with Crippen LogP contribution in [0.3, 0.4) is 0 Å². The molecule has 4 heteroatoms. The van der Waals surface area contributed by atoms with Gasteiger partial charge in [-0.05, 0) is 34.9 Å². The number of hydrogen-bond acceptors (Lipinski definition) is 3. The maximum absolute atomic E-state index is 6.51. The molecule has 0 N–H and O–H groups in total. The molecule has 0 saturated carbocycles. The first-order valence-corrected chi connectivity index (χ1v) is 11.6. The summed E-state index contributed by atoms with van der Waals surface area (Å²) in [6.07, 6.45) is 0.592. The van der Waals surface area contributed by atoms with Gasteiger partial charge in [-0.3, -0.25) is 0 Å². The second kappa shape index (κ2) is 7.95. The van der Waals surface area contributed by atoms with Crippen molar-refractivity contribution < 1.29 is 4.74 Å². The van der Waals surface area contributed by atoms with Gasteiger partial charge in [0.2, 0.25) is 6.23 Å². The van der Waals surface area contributed by atoms with Gasteiger partial charge in [0.15, 0.2) is 0 Å². The second-order valence-corrected chi connectivity index (χ2v) is 9.07. The molecule has 4 aromatic rings. The monoisotopic (exact) mass is 480 g/mol. The zero-order valence-corrected chi connectivity index (χ0v) is 18.9. The van der Waals surface area contributed by atoms with Crippen LogP contribution in [0, 0.1) is 0 Å². The van der Waals surface area contributed by atoms with E-state index in [1.807, 2.05) is 18.2 Å². The molecule has 0 fully saturated rings. The van der Waals surface area contributed by atoms with Crippen LogP contribution in [-0.4, -0.2) is 10.7 Å². The zero-order valence-electron chi connectivity index (χ0n) is 17.4. The molecule has 2 atom stereocenters. The third-order valence-electron chi connectivity index (χ3n) is 6.16. The highest BCUT2D eigenvalue weighted by Gasteiger charge is 2.41. The average Bonchev–Trinajstić information content (AvgIpc) is 3.31. The van der Waals surface area contributed by atoms with Gasteiger partial charge < -0.3 is 4.74 Å². The van der Waals surface area contributed by atoms with Crippen molar-refractivity contribution in [3.05, 3.63) is 124 Å². The fourth-order valence-corrected chi connectivity index (χ4v) is 4.93. The fourth-order valence-electron chi connectivity index (χ4n) is 4.55. The van der Waals surface area contributed by atoms with E-state index in [-0.39, 0.29) is 12.3 Å². The summed E-state index contributed by atoms with van der Waals surface area (Å²) >= 11 is 3.63. The fraction of sp³-hybridized carbons (Fsp3) is 0.107. The first-order chi connectivity index (χ1) is 15.8. The molecule has 0 aliphatic carbocycles. The lowest BCUT2D eigenvalue weighted by atomic mass is 9.95. The number of ether oxygens (including phenoxy) is 1. The predicted molar refractivity (Wildman–Crippen MR) is 132 cm³/mol. The van der Waals surface area contributed by atoms with Crippen molar-refractivity contribution in [2.45, 2.75) is 18.7 Å². The van der Waals surface area contributed by atoms with Gasteiger partial charge in [-0.1, -0.05) is 101 Å². The first kappa shape index (κ1) is 19.3. The van der Waals surface area contributed by atoms with Crippen molar-refractivity contribution >= 4 is 21.6 Å².